The minimum Gasteiger partial charge on any atom is -0.490 e. The van der Waals surface area contributed by atoms with Gasteiger partial charge in [0.25, 0.3) is 0 Å². The summed E-state index contributed by atoms with van der Waals surface area (Å²) in [5.41, 5.74) is 9.68. The fourth-order valence-corrected chi connectivity index (χ4v) is 5.23. The van der Waals surface area contributed by atoms with Gasteiger partial charge in [-0.05, 0) is 49.3 Å². The maximum Gasteiger partial charge on any atom is 0.138 e. The number of nitriles is 2. The second-order valence-electron chi connectivity index (χ2n) is 8.04. The van der Waals surface area contributed by atoms with E-state index in [-0.39, 0.29) is 5.54 Å². The second kappa shape index (κ2) is 8.63. The molecule has 1 aliphatic carbocycles. The summed E-state index contributed by atoms with van der Waals surface area (Å²) in [7, 11) is 0. The standard InChI is InChI=1S/C24H25N5OS/c1-3-17-6-5-9-24(17,27)15-30-21-10-16(11-22(31-2)19(21)13-26)20-14-28-23-8-4-7-18(12-25)29(20)23/h4,7-8,10-11,14,17H,3,5-6,9,15,27H2,1-2H3/t17-,24-/m1/s1. The molecule has 0 saturated heterocycles. The van der Waals surface area contributed by atoms with Crippen molar-refractivity contribution >= 4 is 17.4 Å². The van der Waals surface area contributed by atoms with Gasteiger partial charge in [-0.1, -0.05) is 25.8 Å². The van der Waals surface area contributed by atoms with Crippen molar-refractivity contribution in [1.82, 2.24) is 9.38 Å². The van der Waals surface area contributed by atoms with Gasteiger partial charge in [0.2, 0.25) is 0 Å². The molecule has 0 radical (unpaired) electrons. The Bertz CT molecular complexity index is 1210. The Morgan fingerprint density at radius 3 is 2.87 bits per heavy atom. The van der Waals surface area contributed by atoms with Gasteiger partial charge in [0.1, 0.15) is 41.4 Å². The van der Waals surface area contributed by atoms with Crippen molar-refractivity contribution in [3.63, 3.8) is 0 Å². The van der Waals surface area contributed by atoms with Gasteiger partial charge < -0.3 is 10.5 Å². The summed E-state index contributed by atoms with van der Waals surface area (Å²) in [5, 5.41) is 19.4. The number of hydrogen-bond donors (Lipinski definition) is 1. The van der Waals surface area contributed by atoms with E-state index in [1.54, 1.807) is 12.3 Å². The predicted molar refractivity (Wildman–Crippen MR) is 122 cm³/mol. The number of rotatable bonds is 6. The lowest BCUT2D eigenvalue weighted by Gasteiger charge is -2.31. The highest BCUT2D eigenvalue weighted by atomic mass is 32.2. The van der Waals surface area contributed by atoms with Crippen molar-refractivity contribution in [2.45, 2.75) is 43.0 Å². The zero-order valence-corrected chi connectivity index (χ0v) is 18.6. The summed E-state index contributed by atoms with van der Waals surface area (Å²) in [6.45, 7) is 2.55. The fourth-order valence-electron chi connectivity index (χ4n) is 4.63. The van der Waals surface area contributed by atoms with Gasteiger partial charge in [-0.2, -0.15) is 10.5 Å². The Morgan fingerprint density at radius 1 is 1.32 bits per heavy atom. The minimum atomic E-state index is -0.367. The molecule has 7 heteroatoms. The molecule has 6 nitrogen and oxygen atoms in total. The molecule has 1 fully saturated rings. The van der Waals surface area contributed by atoms with Crippen LogP contribution in [-0.4, -0.2) is 27.8 Å². The first-order valence-corrected chi connectivity index (χ1v) is 11.7. The molecular formula is C24H25N5OS. The van der Waals surface area contributed by atoms with Gasteiger partial charge in [0.15, 0.2) is 0 Å². The summed E-state index contributed by atoms with van der Waals surface area (Å²) in [6, 6.07) is 13.8. The summed E-state index contributed by atoms with van der Waals surface area (Å²) < 4.78 is 8.06. The largest absolute Gasteiger partial charge is 0.490 e. The third kappa shape index (κ3) is 3.76. The molecule has 0 aliphatic heterocycles. The maximum absolute atomic E-state index is 9.82. The molecule has 1 aliphatic rings. The quantitative estimate of drug-likeness (QED) is 0.565. The number of benzene rings is 1. The number of thioether (sulfide) groups is 1. The molecule has 1 saturated carbocycles. The van der Waals surface area contributed by atoms with Gasteiger partial charge in [0.05, 0.1) is 17.4 Å². The molecule has 4 rings (SSSR count). The molecule has 31 heavy (non-hydrogen) atoms. The van der Waals surface area contributed by atoms with E-state index in [9.17, 15) is 10.5 Å². The number of imidazole rings is 1. The first-order chi connectivity index (χ1) is 15.0. The number of fused-ring (bicyclic) bond motifs is 1. The highest BCUT2D eigenvalue weighted by Gasteiger charge is 2.39. The summed E-state index contributed by atoms with van der Waals surface area (Å²) in [6.07, 6.45) is 7.88. The van der Waals surface area contributed by atoms with E-state index in [1.807, 2.05) is 34.9 Å². The molecule has 2 aromatic heterocycles. The van der Waals surface area contributed by atoms with E-state index in [4.69, 9.17) is 10.5 Å². The van der Waals surface area contributed by atoms with Crippen LogP contribution in [0.25, 0.3) is 16.9 Å². The van der Waals surface area contributed by atoms with E-state index >= 15 is 0 Å². The second-order valence-corrected chi connectivity index (χ2v) is 8.89. The maximum atomic E-state index is 9.82. The minimum absolute atomic E-state index is 0.367. The number of aromatic nitrogens is 2. The lowest BCUT2D eigenvalue weighted by Crippen LogP contribution is -2.48. The number of hydrogen-bond acceptors (Lipinski definition) is 6. The Morgan fingerprint density at radius 2 is 2.16 bits per heavy atom. The summed E-state index contributed by atoms with van der Waals surface area (Å²) in [5.74, 6) is 0.957. The van der Waals surface area contributed by atoms with Gasteiger partial charge in [0, 0.05) is 10.5 Å². The molecule has 2 atom stereocenters. The molecule has 2 N–H and O–H groups in total. The fraction of sp³-hybridized carbons (Fsp3) is 0.375. The molecule has 1 aromatic carbocycles. The monoisotopic (exact) mass is 431 g/mol. The highest BCUT2D eigenvalue weighted by molar-refractivity contribution is 7.98. The zero-order valence-electron chi connectivity index (χ0n) is 17.8. The average molecular weight is 432 g/mol. The summed E-state index contributed by atoms with van der Waals surface area (Å²) in [4.78, 5) is 5.27. The molecular weight excluding hydrogens is 406 g/mol. The van der Waals surface area contributed by atoms with Crippen LogP contribution in [0.1, 0.15) is 43.9 Å². The Labute approximate surface area is 186 Å². The van der Waals surface area contributed by atoms with E-state index in [0.29, 0.717) is 35.2 Å². The SMILES string of the molecule is CC[C@@H]1CCC[C@@]1(N)COc1cc(-c2cnc3cccc(C#N)n23)cc(SC)c1C#N. The van der Waals surface area contributed by atoms with Crippen LogP contribution in [-0.2, 0) is 0 Å². The van der Waals surface area contributed by atoms with Crippen molar-refractivity contribution in [2.75, 3.05) is 12.9 Å². The van der Waals surface area contributed by atoms with Crippen LogP contribution in [0, 0.1) is 28.6 Å². The highest BCUT2D eigenvalue weighted by Crippen LogP contribution is 2.39. The molecule has 0 amide bonds. The lowest BCUT2D eigenvalue weighted by atomic mass is 9.87. The van der Waals surface area contributed by atoms with Crippen LogP contribution in [0.2, 0.25) is 0 Å². The first kappa shape index (κ1) is 21.2. The van der Waals surface area contributed by atoms with Crippen LogP contribution in [0.3, 0.4) is 0 Å². The predicted octanol–water partition coefficient (Wildman–Crippen LogP) is 4.75. The Balaban J connectivity index is 1.78. The average Bonchev–Trinajstić information content (AvgIpc) is 3.40. The molecule has 3 aromatic rings. The van der Waals surface area contributed by atoms with Crippen molar-refractivity contribution in [2.24, 2.45) is 11.7 Å². The van der Waals surface area contributed by atoms with E-state index in [0.717, 1.165) is 41.8 Å². The van der Waals surface area contributed by atoms with Crippen molar-refractivity contribution in [3.05, 3.63) is 47.8 Å². The Kier molecular flexibility index (Phi) is 5.91. The van der Waals surface area contributed by atoms with Gasteiger partial charge in [-0.25, -0.2) is 4.98 Å². The lowest BCUT2D eigenvalue weighted by molar-refractivity contribution is 0.175. The topological polar surface area (TPSA) is 100 Å². The Hall–Kier alpha value is -3.00. The molecule has 158 valence electrons. The van der Waals surface area contributed by atoms with Crippen molar-refractivity contribution in [3.8, 4) is 29.1 Å². The van der Waals surface area contributed by atoms with Gasteiger partial charge in [-0.3, -0.25) is 4.40 Å². The van der Waals surface area contributed by atoms with Crippen LogP contribution >= 0.6 is 11.8 Å². The van der Waals surface area contributed by atoms with Crippen molar-refractivity contribution in [1.29, 1.82) is 10.5 Å². The number of ether oxygens (including phenoxy) is 1. The van der Waals surface area contributed by atoms with Crippen LogP contribution in [0.5, 0.6) is 5.75 Å². The molecule has 0 unspecified atom stereocenters. The number of nitrogens with zero attached hydrogens (tertiary/aromatic N) is 4. The number of nitrogens with two attached hydrogens (primary N) is 1. The zero-order chi connectivity index (χ0) is 22.0. The molecule has 2 heterocycles. The van der Waals surface area contributed by atoms with Crippen LogP contribution in [0.4, 0.5) is 0 Å². The molecule has 0 spiro atoms. The smallest absolute Gasteiger partial charge is 0.138 e. The van der Waals surface area contributed by atoms with Gasteiger partial charge >= 0.3 is 0 Å². The first-order valence-electron chi connectivity index (χ1n) is 10.5. The van der Waals surface area contributed by atoms with E-state index in [1.165, 1.54) is 11.8 Å². The normalized spacial score (nSPS) is 20.5. The third-order valence-corrected chi connectivity index (χ3v) is 7.10. The van der Waals surface area contributed by atoms with Crippen LogP contribution in [0.15, 0.2) is 41.4 Å². The van der Waals surface area contributed by atoms with E-state index in [2.05, 4.69) is 24.0 Å². The molecule has 0 bridgehead atoms. The number of pyridine rings is 1. The van der Waals surface area contributed by atoms with E-state index < -0.39 is 0 Å². The van der Waals surface area contributed by atoms with Gasteiger partial charge in [-0.15, -0.1) is 11.8 Å². The summed E-state index contributed by atoms with van der Waals surface area (Å²) >= 11 is 1.49. The van der Waals surface area contributed by atoms with Crippen molar-refractivity contribution < 1.29 is 4.74 Å². The van der Waals surface area contributed by atoms with Crippen LogP contribution < -0.4 is 10.5 Å². The third-order valence-electron chi connectivity index (χ3n) is 6.33.